The number of thiol groups is 2. The van der Waals surface area contributed by atoms with Crippen LogP contribution in [0.2, 0.25) is 6.04 Å². The highest BCUT2D eigenvalue weighted by Gasteiger charge is 2.38. The van der Waals surface area contributed by atoms with Crippen LogP contribution in [-0.4, -0.2) is 40.6 Å². The zero-order chi connectivity index (χ0) is 12.4. The molecule has 0 heterocycles. The zero-order valence-electron chi connectivity index (χ0n) is 10.4. The van der Waals surface area contributed by atoms with E-state index in [2.05, 4.69) is 25.3 Å². The monoisotopic (exact) mass is 284 g/mol. The lowest BCUT2D eigenvalue weighted by atomic mass is 10.2. The predicted octanol–water partition coefficient (Wildman–Crippen LogP) is 2.65. The van der Waals surface area contributed by atoms with Crippen LogP contribution in [0.3, 0.4) is 0 Å². The van der Waals surface area contributed by atoms with Gasteiger partial charge in [-0.15, -0.1) is 0 Å². The first-order valence-electron chi connectivity index (χ1n) is 5.67. The van der Waals surface area contributed by atoms with E-state index in [9.17, 15) is 0 Å². The minimum absolute atomic E-state index is 0.379. The molecule has 0 radical (unpaired) electrons. The third-order valence-corrected chi connectivity index (χ3v) is 6.17. The van der Waals surface area contributed by atoms with Gasteiger partial charge in [-0.25, -0.2) is 0 Å². The highest BCUT2D eigenvalue weighted by atomic mass is 32.1. The Morgan fingerprint density at radius 3 is 2.25 bits per heavy atom. The van der Waals surface area contributed by atoms with Crippen molar-refractivity contribution in [1.82, 2.24) is 0 Å². The van der Waals surface area contributed by atoms with Crippen molar-refractivity contribution >= 4 is 34.1 Å². The summed E-state index contributed by atoms with van der Waals surface area (Å²) in [5, 5.41) is 0.379. The van der Waals surface area contributed by atoms with Crippen LogP contribution in [0.15, 0.2) is 0 Å². The average molecular weight is 285 g/mol. The zero-order valence-corrected chi connectivity index (χ0v) is 13.2. The molecule has 1 unspecified atom stereocenters. The summed E-state index contributed by atoms with van der Waals surface area (Å²) < 4.78 is 16.5. The summed E-state index contributed by atoms with van der Waals surface area (Å²) in [6.45, 7) is 2.58. The molecule has 0 aliphatic heterocycles. The summed E-state index contributed by atoms with van der Waals surface area (Å²) in [6.07, 6.45) is 3.14. The second kappa shape index (κ2) is 9.79. The molecule has 0 rings (SSSR count). The van der Waals surface area contributed by atoms with Crippen molar-refractivity contribution in [2.45, 2.75) is 37.5 Å². The van der Waals surface area contributed by atoms with E-state index in [1.54, 1.807) is 14.2 Å². The quantitative estimate of drug-likeness (QED) is 0.477. The third-order valence-electron chi connectivity index (χ3n) is 2.47. The Hall–Kier alpha value is 0.797. The first-order chi connectivity index (χ1) is 7.64. The third kappa shape index (κ3) is 6.51. The van der Waals surface area contributed by atoms with Gasteiger partial charge in [0.25, 0.3) is 0 Å². The molecule has 3 nitrogen and oxygen atoms in total. The minimum Gasteiger partial charge on any atom is -0.377 e. The summed E-state index contributed by atoms with van der Waals surface area (Å²) in [5.74, 6) is 0.916. The van der Waals surface area contributed by atoms with Crippen molar-refractivity contribution in [3.8, 4) is 0 Å². The van der Waals surface area contributed by atoms with E-state index in [0.717, 1.165) is 31.1 Å². The Morgan fingerprint density at radius 1 is 1.19 bits per heavy atom. The summed E-state index contributed by atoms with van der Waals surface area (Å²) in [6, 6.07) is 0.828. The van der Waals surface area contributed by atoms with Gasteiger partial charge in [-0.2, -0.15) is 25.3 Å². The van der Waals surface area contributed by atoms with Gasteiger partial charge in [-0.1, -0.05) is 0 Å². The van der Waals surface area contributed by atoms with E-state index in [1.807, 2.05) is 6.92 Å². The lowest BCUT2D eigenvalue weighted by Crippen LogP contribution is -2.44. The highest BCUT2D eigenvalue weighted by molar-refractivity contribution is 7.81. The van der Waals surface area contributed by atoms with Gasteiger partial charge in [0.15, 0.2) is 0 Å². The molecule has 0 spiro atoms. The second-order valence-electron chi connectivity index (χ2n) is 3.58. The fraction of sp³-hybridized carbons (Fsp3) is 1.00. The largest absolute Gasteiger partial charge is 0.500 e. The molecule has 0 fully saturated rings. The second-order valence-corrected chi connectivity index (χ2v) is 7.73. The van der Waals surface area contributed by atoms with Crippen molar-refractivity contribution in [2.24, 2.45) is 0 Å². The van der Waals surface area contributed by atoms with Crippen molar-refractivity contribution in [1.29, 1.82) is 0 Å². The van der Waals surface area contributed by atoms with E-state index in [4.69, 9.17) is 13.3 Å². The fourth-order valence-electron chi connectivity index (χ4n) is 1.51. The van der Waals surface area contributed by atoms with Gasteiger partial charge in [0.05, 0.1) is 0 Å². The fourth-order valence-corrected chi connectivity index (χ4v) is 4.35. The lowest BCUT2D eigenvalue weighted by molar-refractivity contribution is 0.103. The van der Waals surface area contributed by atoms with Crippen LogP contribution in [0.5, 0.6) is 0 Å². The molecule has 0 saturated carbocycles. The van der Waals surface area contributed by atoms with Crippen LogP contribution >= 0.6 is 25.3 Å². The van der Waals surface area contributed by atoms with Crippen LogP contribution in [0.25, 0.3) is 0 Å². The predicted molar refractivity (Wildman–Crippen MR) is 76.7 cm³/mol. The van der Waals surface area contributed by atoms with Crippen LogP contribution in [0.1, 0.15) is 26.2 Å². The Morgan fingerprint density at radius 2 is 1.81 bits per heavy atom. The molecule has 0 aromatic heterocycles. The smallest absolute Gasteiger partial charge is 0.377 e. The molecule has 16 heavy (non-hydrogen) atoms. The maximum absolute atomic E-state index is 5.63. The first kappa shape index (κ1) is 16.8. The molecule has 0 bridgehead atoms. The summed E-state index contributed by atoms with van der Waals surface area (Å²) >= 11 is 8.73. The van der Waals surface area contributed by atoms with Gasteiger partial charge < -0.3 is 13.3 Å². The molecular weight excluding hydrogens is 260 g/mol. The minimum atomic E-state index is -2.41. The van der Waals surface area contributed by atoms with Gasteiger partial charge in [-0.05, 0) is 31.9 Å². The molecule has 1 atom stereocenters. The van der Waals surface area contributed by atoms with Gasteiger partial charge in [0.1, 0.15) is 0 Å². The molecule has 0 N–H and O–H groups in total. The molecule has 0 aliphatic rings. The lowest BCUT2D eigenvalue weighted by Gasteiger charge is -2.26. The van der Waals surface area contributed by atoms with Gasteiger partial charge in [-0.3, -0.25) is 0 Å². The van der Waals surface area contributed by atoms with E-state index < -0.39 is 8.80 Å². The van der Waals surface area contributed by atoms with Crippen molar-refractivity contribution in [2.75, 3.05) is 26.6 Å². The SMILES string of the molecule is CCO[Si](CCC(S)CCCS)(OC)OC. The summed E-state index contributed by atoms with van der Waals surface area (Å²) in [5.41, 5.74) is 0. The molecule has 0 aromatic rings. The van der Waals surface area contributed by atoms with Crippen molar-refractivity contribution < 1.29 is 13.3 Å². The van der Waals surface area contributed by atoms with Crippen LogP contribution < -0.4 is 0 Å². The topological polar surface area (TPSA) is 27.7 Å². The summed E-state index contributed by atoms with van der Waals surface area (Å²) in [4.78, 5) is 0. The highest BCUT2D eigenvalue weighted by Crippen LogP contribution is 2.21. The van der Waals surface area contributed by atoms with Crippen LogP contribution in [-0.2, 0) is 13.3 Å². The van der Waals surface area contributed by atoms with Crippen molar-refractivity contribution in [3.05, 3.63) is 0 Å². The Balaban J connectivity index is 3.99. The van der Waals surface area contributed by atoms with E-state index in [-0.39, 0.29) is 0 Å². The van der Waals surface area contributed by atoms with Gasteiger partial charge in [0.2, 0.25) is 0 Å². The van der Waals surface area contributed by atoms with E-state index >= 15 is 0 Å². The van der Waals surface area contributed by atoms with Crippen LogP contribution in [0, 0.1) is 0 Å². The molecule has 6 heteroatoms. The number of rotatable bonds is 10. The molecular formula is C10H24O3S2Si. The van der Waals surface area contributed by atoms with E-state index in [0.29, 0.717) is 11.9 Å². The Labute approximate surface area is 111 Å². The van der Waals surface area contributed by atoms with Gasteiger partial charge in [0, 0.05) is 32.1 Å². The van der Waals surface area contributed by atoms with Crippen molar-refractivity contribution in [3.63, 3.8) is 0 Å². The number of hydrogen-bond acceptors (Lipinski definition) is 5. The maximum Gasteiger partial charge on any atom is 0.500 e. The average Bonchev–Trinajstić information content (AvgIpc) is 2.32. The Bertz CT molecular complexity index is 168. The molecule has 0 aromatic carbocycles. The molecule has 0 saturated heterocycles. The van der Waals surface area contributed by atoms with E-state index in [1.165, 1.54) is 0 Å². The molecule has 0 aliphatic carbocycles. The molecule has 0 amide bonds. The Kier molecular flexibility index (Phi) is 10.3. The normalized spacial score (nSPS) is 14.1. The first-order valence-corrected chi connectivity index (χ1v) is 8.75. The number of hydrogen-bond donors (Lipinski definition) is 2. The maximum atomic E-state index is 5.63. The standard InChI is InChI=1S/C10H24O3S2Si/c1-4-13-16(11-2,12-3)9-7-10(15)6-5-8-14/h10,14-15H,4-9H2,1-3H3. The summed E-state index contributed by atoms with van der Waals surface area (Å²) in [7, 11) is 0.905. The van der Waals surface area contributed by atoms with Crippen LogP contribution in [0.4, 0.5) is 0 Å². The van der Waals surface area contributed by atoms with Gasteiger partial charge >= 0.3 is 8.80 Å². The molecule has 98 valence electrons.